The third kappa shape index (κ3) is 5.47. The lowest BCUT2D eigenvalue weighted by molar-refractivity contribution is -0.307. The molecule has 6 aliphatic rings. The monoisotopic (exact) mass is 689 g/mol. The number of carboxylic acids is 1. The Bertz CT molecular complexity index is 1300. The van der Waals surface area contributed by atoms with Gasteiger partial charge in [0.15, 0.2) is 6.23 Å². The summed E-state index contributed by atoms with van der Waals surface area (Å²) >= 11 is 0. The van der Waals surface area contributed by atoms with Crippen LogP contribution < -0.4 is 0 Å². The van der Waals surface area contributed by atoms with Gasteiger partial charge in [0.05, 0.1) is 31.3 Å². The third-order valence-corrected chi connectivity index (χ3v) is 16.2. The number of allylic oxidation sites excluding steroid dienone is 1. The molecule has 0 unspecified atom stereocenters. The summed E-state index contributed by atoms with van der Waals surface area (Å²) in [5.74, 6) is 0.609. The summed E-state index contributed by atoms with van der Waals surface area (Å²) in [7, 11) is 1.39. The van der Waals surface area contributed by atoms with Crippen LogP contribution in [-0.2, 0) is 23.9 Å². The van der Waals surface area contributed by atoms with Crippen molar-refractivity contribution in [2.24, 2.45) is 56.7 Å². The Labute approximate surface area is 292 Å². The molecule has 6 fully saturated rings. The van der Waals surface area contributed by atoms with Gasteiger partial charge in [0.2, 0.25) is 0 Å². The Morgan fingerprint density at radius 3 is 2.24 bits per heavy atom. The number of carbonyl (C=O) groups is 2. The molecule has 0 spiro atoms. The molecule has 14 atom stereocenters. The van der Waals surface area contributed by atoms with Crippen LogP contribution in [0, 0.1) is 56.7 Å². The van der Waals surface area contributed by atoms with Crippen LogP contribution >= 0.6 is 0 Å². The number of hydrogen-bond donors (Lipinski definition) is 4. The first kappa shape index (κ1) is 37.2. The third-order valence-electron chi connectivity index (χ3n) is 16.2. The van der Waals surface area contributed by atoms with Gasteiger partial charge in [0.1, 0.15) is 18.8 Å². The van der Waals surface area contributed by atoms with E-state index in [2.05, 4.69) is 48.1 Å². The number of carboxylic acid groups (broad SMARTS) is 1. The lowest BCUT2D eigenvalue weighted by atomic mass is 9.32. The highest BCUT2D eigenvalue weighted by Crippen LogP contribution is 2.77. The number of nitrogens with zero attached hydrogens (tertiary/aromatic N) is 1. The van der Waals surface area contributed by atoms with Crippen molar-refractivity contribution in [1.82, 2.24) is 5.06 Å². The fraction of sp³-hybridized carbons (Fsp3) is 0.897. The topological polar surface area (TPSA) is 146 Å². The number of aliphatic hydroxyl groups is 3. The molecule has 5 aliphatic carbocycles. The molecule has 0 aromatic rings. The molecule has 0 radical (unpaired) electrons. The largest absolute Gasteiger partial charge is 0.481 e. The van der Waals surface area contributed by atoms with E-state index in [0.29, 0.717) is 17.8 Å². The van der Waals surface area contributed by atoms with Crippen LogP contribution in [0.3, 0.4) is 0 Å². The quantitative estimate of drug-likeness (QED) is 0.150. The fourth-order valence-corrected chi connectivity index (χ4v) is 13.6. The number of fused-ring (bicyclic) bond motifs is 7. The van der Waals surface area contributed by atoms with Crippen LogP contribution in [0.15, 0.2) is 12.2 Å². The Kier molecular flexibility index (Phi) is 9.74. The van der Waals surface area contributed by atoms with Gasteiger partial charge in [-0.05, 0) is 117 Å². The molecule has 10 heteroatoms. The van der Waals surface area contributed by atoms with Crippen molar-refractivity contribution in [1.29, 1.82) is 0 Å². The highest BCUT2D eigenvalue weighted by atomic mass is 16.7. The van der Waals surface area contributed by atoms with E-state index >= 15 is 0 Å². The van der Waals surface area contributed by atoms with Gasteiger partial charge in [-0.15, -0.1) is 5.06 Å². The summed E-state index contributed by atoms with van der Waals surface area (Å²) in [6, 6.07) is 0. The molecule has 4 N–H and O–H groups in total. The molecular formula is C39H63NO9. The average Bonchev–Trinajstić information content (AvgIpc) is 3.44. The first-order valence-corrected chi connectivity index (χ1v) is 18.9. The number of esters is 1. The maximum Gasteiger partial charge on any atom is 0.323 e. The zero-order chi connectivity index (χ0) is 35.9. The number of aliphatic carboxylic acids is 1. The van der Waals surface area contributed by atoms with Crippen LogP contribution in [0.1, 0.15) is 112 Å². The van der Waals surface area contributed by atoms with Crippen molar-refractivity contribution in [3.63, 3.8) is 0 Å². The second-order valence-corrected chi connectivity index (χ2v) is 18.4. The molecule has 5 saturated carbocycles. The standard InChI is InChI=1S/C39H63NO9/c1-22(2)23-11-16-39(34(45)46)18-17-37(6)24(32(23)39)9-10-29-36(5)14-13-30(35(3,4)28(36)12-15-38(29,37)7)49-31(44)20-40(47-8)33-26(43)19-25(42)27(21-41)48-33/h23-30,32-33,41-43H,1,9-21H2,2-8H3,(H,45,46)/t23-,24+,25-,26+,27+,28-,29+,30-,32+,33-,36-,37+,38+,39-/m0/s1. The number of ether oxygens (including phenoxy) is 2. The van der Waals surface area contributed by atoms with Crippen LogP contribution in [-0.4, -0.2) is 88.3 Å². The summed E-state index contributed by atoms with van der Waals surface area (Å²) in [5, 5.41) is 42.2. The maximum absolute atomic E-state index is 13.5. The molecule has 278 valence electrons. The Hall–Kier alpha value is -1.56. The molecule has 0 aromatic carbocycles. The maximum atomic E-state index is 13.5. The van der Waals surface area contributed by atoms with Crippen LogP contribution in [0.4, 0.5) is 0 Å². The van der Waals surface area contributed by atoms with Gasteiger partial charge in [-0.2, -0.15) is 0 Å². The van der Waals surface area contributed by atoms with Gasteiger partial charge in [0, 0.05) is 11.8 Å². The molecule has 0 bridgehead atoms. The molecule has 1 saturated heterocycles. The number of carbonyl (C=O) groups excluding carboxylic acids is 1. The van der Waals surface area contributed by atoms with Gasteiger partial charge >= 0.3 is 11.9 Å². The van der Waals surface area contributed by atoms with Crippen molar-refractivity contribution in [3.05, 3.63) is 12.2 Å². The zero-order valence-electron chi connectivity index (χ0n) is 31.0. The van der Waals surface area contributed by atoms with Crippen LogP contribution in [0.5, 0.6) is 0 Å². The summed E-state index contributed by atoms with van der Waals surface area (Å²) in [5.41, 5.74) is 0.473. The molecule has 1 heterocycles. The van der Waals surface area contributed by atoms with E-state index in [1.807, 2.05) is 0 Å². The molecule has 6 rings (SSSR count). The molecule has 49 heavy (non-hydrogen) atoms. The summed E-state index contributed by atoms with van der Waals surface area (Å²) in [6.45, 7) is 17.9. The van der Waals surface area contributed by atoms with Gasteiger partial charge < -0.3 is 29.9 Å². The van der Waals surface area contributed by atoms with Crippen molar-refractivity contribution < 1.29 is 44.3 Å². The second-order valence-electron chi connectivity index (χ2n) is 18.4. The van der Waals surface area contributed by atoms with Crippen molar-refractivity contribution in [2.75, 3.05) is 20.3 Å². The summed E-state index contributed by atoms with van der Waals surface area (Å²) < 4.78 is 12.0. The first-order valence-electron chi connectivity index (χ1n) is 18.9. The highest BCUT2D eigenvalue weighted by molar-refractivity contribution is 5.76. The molecular weight excluding hydrogens is 626 g/mol. The number of aliphatic hydroxyl groups excluding tert-OH is 3. The molecule has 1 aliphatic heterocycles. The van der Waals surface area contributed by atoms with Gasteiger partial charge in [-0.3, -0.25) is 14.4 Å². The van der Waals surface area contributed by atoms with E-state index in [1.165, 1.54) is 12.2 Å². The van der Waals surface area contributed by atoms with Crippen molar-refractivity contribution in [3.8, 4) is 0 Å². The van der Waals surface area contributed by atoms with E-state index in [4.69, 9.17) is 14.3 Å². The number of hydrogen-bond acceptors (Lipinski definition) is 9. The SMILES string of the molecule is C=C(C)[C@@H]1CC[C@]2(C(=O)O)CC[C@]3(C)[C@H](CC[C@@H]4[C@@]5(C)CC[C@H](OC(=O)CN(OC)[C@H]6O[C@H](CO)[C@@H](O)C[C@H]6O)C(C)(C)[C@@H]5CC[C@]43C)[C@@H]12. The Balaban J connectivity index is 1.19. The predicted molar refractivity (Wildman–Crippen MR) is 183 cm³/mol. The van der Waals surface area contributed by atoms with Crippen LogP contribution in [0.25, 0.3) is 0 Å². The zero-order valence-corrected chi connectivity index (χ0v) is 31.0. The smallest absolute Gasteiger partial charge is 0.323 e. The Morgan fingerprint density at radius 1 is 0.898 bits per heavy atom. The van der Waals surface area contributed by atoms with Gasteiger partial charge in [-0.25, -0.2) is 0 Å². The normalized spacial score (nSPS) is 48.9. The van der Waals surface area contributed by atoms with Crippen LogP contribution in [0.2, 0.25) is 0 Å². The van der Waals surface area contributed by atoms with Gasteiger partial charge in [-0.1, -0.05) is 46.8 Å². The van der Waals surface area contributed by atoms with E-state index < -0.39 is 48.5 Å². The fourth-order valence-electron chi connectivity index (χ4n) is 13.6. The second kappa shape index (κ2) is 12.8. The highest BCUT2D eigenvalue weighted by Gasteiger charge is 2.72. The minimum absolute atomic E-state index is 0.00381. The van der Waals surface area contributed by atoms with E-state index in [0.717, 1.165) is 69.8 Å². The van der Waals surface area contributed by atoms with Crippen molar-refractivity contribution in [2.45, 2.75) is 143 Å². The number of rotatable bonds is 8. The first-order chi connectivity index (χ1) is 22.9. The Morgan fingerprint density at radius 2 is 1.61 bits per heavy atom. The summed E-state index contributed by atoms with van der Waals surface area (Å²) in [4.78, 5) is 31.9. The molecule has 10 nitrogen and oxygen atoms in total. The average molecular weight is 690 g/mol. The lowest BCUT2D eigenvalue weighted by Crippen LogP contribution is -2.67. The summed E-state index contributed by atoms with van der Waals surface area (Å²) in [6.07, 6.45) is 5.17. The minimum atomic E-state index is -1.10. The lowest BCUT2D eigenvalue weighted by Gasteiger charge is -2.72. The van der Waals surface area contributed by atoms with Gasteiger partial charge in [0.25, 0.3) is 0 Å². The number of hydroxylamine groups is 2. The van der Waals surface area contributed by atoms with E-state index in [9.17, 15) is 30.0 Å². The molecule has 0 amide bonds. The van der Waals surface area contributed by atoms with Crippen molar-refractivity contribution >= 4 is 11.9 Å². The molecule has 0 aromatic heterocycles. The van der Waals surface area contributed by atoms with E-state index in [1.54, 1.807) is 0 Å². The predicted octanol–water partition coefficient (Wildman–Crippen LogP) is 5.33. The minimum Gasteiger partial charge on any atom is -0.481 e. The van der Waals surface area contributed by atoms with E-state index in [-0.39, 0.29) is 52.6 Å².